The van der Waals surface area contributed by atoms with Crippen LogP contribution in [0.25, 0.3) is 0 Å². The van der Waals surface area contributed by atoms with Crippen LogP contribution in [-0.4, -0.2) is 43.9 Å². The van der Waals surface area contributed by atoms with Gasteiger partial charge in [-0.15, -0.1) is 0 Å². The molecule has 3 nitrogen and oxygen atoms in total. The Hall–Kier alpha value is -0.410. The van der Waals surface area contributed by atoms with Gasteiger partial charge in [0, 0.05) is 6.54 Å². The molecule has 0 unspecified atom stereocenters. The molecule has 1 N–H and O–H groups in total. The molecule has 0 saturated carbocycles. The van der Waals surface area contributed by atoms with Crippen molar-refractivity contribution in [3.05, 3.63) is 0 Å². The molecule has 2 aliphatic heterocycles. The van der Waals surface area contributed by atoms with E-state index in [9.17, 15) is 4.79 Å². The predicted molar refractivity (Wildman–Crippen MR) is 51.3 cm³/mol. The standard InChI is InChI=1S/C10H17N2O/c13-8-7-12-5-2-10(3-6-12)1-4-11-9-10/h11H,1-7,9H2. The van der Waals surface area contributed by atoms with Crippen molar-refractivity contribution in [3.63, 3.8) is 0 Å². The van der Waals surface area contributed by atoms with Gasteiger partial charge >= 0.3 is 0 Å². The smallest absolute Gasteiger partial charge is 0.213 e. The summed E-state index contributed by atoms with van der Waals surface area (Å²) < 4.78 is 0. The minimum absolute atomic E-state index is 0.503. The summed E-state index contributed by atoms with van der Waals surface area (Å²) in [4.78, 5) is 12.4. The number of carbonyl (C=O) groups excluding carboxylic acids is 1. The van der Waals surface area contributed by atoms with E-state index < -0.39 is 0 Å². The lowest BCUT2D eigenvalue weighted by Gasteiger charge is -2.37. The number of rotatable bonds is 2. The van der Waals surface area contributed by atoms with E-state index in [1.54, 1.807) is 0 Å². The molecule has 0 aliphatic carbocycles. The van der Waals surface area contributed by atoms with Crippen molar-refractivity contribution >= 4 is 6.29 Å². The summed E-state index contributed by atoms with van der Waals surface area (Å²) in [5.74, 6) is 0. The zero-order valence-corrected chi connectivity index (χ0v) is 8.01. The molecule has 3 heteroatoms. The molecule has 0 aromatic rings. The number of nitrogens with one attached hydrogen (secondary N) is 1. The molecule has 0 aromatic carbocycles. The predicted octanol–water partition coefficient (Wildman–Crippen LogP) is 0.172. The molecule has 2 aliphatic rings. The third-order valence-corrected chi connectivity index (χ3v) is 3.54. The van der Waals surface area contributed by atoms with E-state index in [2.05, 4.69) is 10.2 Å². The van der Waals surface area contributed by atoms with E-state index in [0.29, 0.717) is 12.0 Å². The highest BCUT2D eigenvalue weighted by atomic mass is 16.1. The minimum Gasteiger partial charge on any atom is -0.316 e. The van der Waals surface area contributed by atoms with Crippen molar-refractivity contribution in [2.45, 2.75) is 19.3 Å². The van der Waals surface area contributed by atoms with Crippen molar-refractivity contribution < 1.29 is 4.79 Å². The summed E-state index contributed by atoms with van der Waals surface area (Å²) in [6.45, 7) is 5.03. The molecule has 1 radical (unpaired) electrons. The molecular formula is C10H17N2O. The molecule has 2 fully saturated rings. The van der Waals surface area contributed by atoms with Gasteiger partial charge in [-0.3, -0.25) is 9.69 Å². The summed E-state index contributed by atoms with van der Waals surface area (Å²) in [5, 5.41) is 3.43. The maximum absolute atomic E-state index is 10.2. The Bertz CT molecular complexity index is 177. The van der Waals surface area contributed by atoms with Crippen molar-refractivity contribution in [1.29, 1.82) is 0 Å². The van der Waals surface area contributed by atoms with Crippen molar-refractivity contribution in [2.75, 3.05) is 32.7 Å². The molecule has 13 heavy (non-hydrogen) atoms. The summed E-state index contributed by atoms with van der Waals surface area (Å²) >= 11 is 0. The lowest BCUT2D eigenvalue weighted by atomic mass is 9.78. The molecule has 0 atom stereocenters. The molecule has 0 amide bonds. The SMILES string of the molecule is O=[C]CN1CCC2(CCNC2)CC1. The van der Waals surface area contributed by atoms with Crippen LogP contribution in [0, 0.1) is 5.41 Å². The second-order valence-corrected chi connectivity index (χ2v) is 4.35. The summed E-state index contributed by atoms with van der Waals surface area (Å²) in [7, 11) is 0. The Kier molecular flexibility index (Phi) is 2.65. The minimum atomic E-state index is 0.503. The number of hydrogen-bond donors (Lipinski definition) is 1. The first-order chi connectivity index (χ1) is 6.35. The van der Waals surface area contributed by atoms with E-state index in [1.807, 2.05) is 6.29 Å². The average molecular weight is 181 g/mol. The highest BCUT2D eigenvalue weighted by Crippen LogP contribution is 2.36. The van der Waals surface area contributed by atoms with Crippen LogP contribution in [0.4, 0.5) is 0 Å². The first-order valence-electron chi connectivity index (χ1n) is 5.13. The van der Waals surface area contributed by atoms with E-state index in [0.717, 1.165) is 13.1 Å². The van der Waals surface area contributed by atoms with Gasteiger partial charge in [-0.05, 0) is 44.3 Å². The third kappa shape index (κ3) is 1.92. The first-order valence-corrected chi connectivity index (χ1v) is 5.13. The van der Waals surface area contributed by atoms with Gasteiger partial charge in [0.05, 0.1) is 6.54 Å². The zero-order valence-electron chi connectivity index (χ0n) is 8.01. The van der Waals surface area contributed by atoms with E-state index in [1.165, 1.54) is 32.4 Å². The molecule has 2 saturated heterocycles. The first kappa shape index (κ1) is 9.16. The largest absolute Gasteiger partial charge is 0.316 e. The van der Waals surface area contributed by atoms with Crippen LogP contribution in [0.2, 0.25) is 0 Å². The van der Waals surface area contributed by atoms with Gasteiger partial charge in [-0.25, -0.2) is 0 Å². The van der Waals surface area contributed by atoms with Crippen LogP contribution in [0.15, 0.2) is 0 Å². The Balaban J connectivity index is 1.84. The van der Waals surface area contributed by atoms with Gasteiger partial charge in [0.1, 0.15) is 0 Å². The van der Waals surface area contributed by atoms with Gasteiger partial charge < -0.3 is 5.32 Å². The lowest BCUT2D eigenvalue weighted by molar-refractivity contribution is 0.131. The molecule has 0 aromatic heterocycles. The Morgan fingerprint density at radius 1 is 1.31 bits per heavy atom. The summed E-state index contributed by atoms with van der Waals surface area (Å²) in [6, 6.07) is 0. The summed E-state index contributed by atoms with van der Waals surface area (Å²) in [5.41, 5.74) is 0.569. The van der Waals surface area contributed by atoms with Crippen LogP contribution in [-0.2, 0) is 4.79 Å². The highest BCUT2D eigenvalue weighted by molar-refractivity contribution is 5.53. The zero-order chi connectivity index (χ0) is 9.15. The van der Waals surface area contributed by atoms with E-state index in [-0.39, 0.29) is 0 Å². The maximum Gasteiger partial charge on any atom is 0.213 e. The van der Waals surface area contributed by atoms with Crippen LogP contribution < -0.4 is 5.32 Å². The van der Waals surface area contributed by atoms with Crippen molar-refractivity contribution in [2.24, 2.45) is 5.41 Å². The lowest BCUT2D eigenvalue weighted by Crippen LogP contribution is -2.41. The van der Waals surface area contributed by atoms with Crippen LogP contribution in [0.5, 0.6) is 0 Å². The van der Waals surface area contributed by atoms with E-state index >= 15 is 0 Å². The number of likely N-dealkylation sites (tertiary alicyclic amines) is 1. The van der Waals surface area contributed by atoms with E-state index in [4.69, 9.17) is 0 Å². The quantitative estimate of drug-likeness (QED) is 0.659. The molecule has 2 heterocycles. The summed E-state index contributed by atoms with van der Waals surface area (Å²) in [6.07, 6.45) is 5.81. The second-order valence-electron chi connectivity index (χ2n) is 4.35. The van der Waals surface area contributed by atoms with Crippen molar-refractivity contribution in [3.8, 4) is 0 Å². The average Bonchev–Trinajstić information content (AvgIpc) is 2.59. The topological polar surface area (TPSA) is 32.3 Å². The molecule has 73 valence electrons. The Labute approximate surface area is 79.5 Å². The molecule has 0 bridgehead atoms. The normalized spacial score (nSPS) is 28.0. The number of hydrogen-bond acceptors (Lipinski definition) is 3. The number of piperidine rings is 1. The fourth-order valence-corrected chi connectivity index (χ4v) is 2.50. The van der Waals surface area contributed by atoms with Gasteiger partial charge in [0.15, 0.2) is 0 Å². The fraction of sp³-hybridized carbons (Fsp3) is 0.900. The molecule has 2 rings (SSSR count). The van der Waals surface area contributed by atoms with Crippen molar-refractivity contribution in [1.82, 2.24) is 10.2 Å². The second kappa shape index (κ2) is 3.76. The van der Waals surface area contributed by atoms with Gasteiger partial charge in [0.25, 0.3) is 0 Å². The Morgan fingerprint density at radius 2 is 2.08 bits per heavy atom. The monoisotopic (exact) mass is 181 g/mol. The van der Waals surface area contributed by atoms with Gasteiger partial charge in [-0.2, -0.15) is 0 Å². The van der Waals surface area contributed by atoms with Crippen LogP contribution in [0.1, 0.15) is 19.3 Å². The van der Waals surface area contributed by atoms with Gasteiger partial charge in [-0.1, -0.05) is 0 Å². The maximum atomic E-state index is 10.2. The fourth-order valence-electron chi connectivity index (χ4n) is 2.50. The van der Waals surface area contributed by atoms with Crippen LogP contribution >= 0.6 is 0 Å². The third-order valence-electron chi connectivity index (χ3n) is 3.54. The van der Waals surface area contributed by atoms with Crippen LogP contribution in [0.3, 0.4) is 0 Å². The molecule has 1 spiro atoms. The highest BCUT2D eigenvalue weighted by Gasteiger charge is 2.36. The molecular weight excluding hydrogens is 164 g/mol. The van der Waals surface area contributed by atoms with Gasteiger partial charge in [0.2, 0.25) is 6.29 Å². The Morgan fingerprint density at radius 3 is 2.62 bits per heavy atom. The number of nitrogens with zero attached hydrogens (tertiary/aromatic N) is 1.